The Labute approximate surface area is 156 Å². The molecule has 0 aromatic heterocycles. The van der Waals surface area contributed by atoms with Crippen LogP contribution in [0.4, 0.5) is 0 Å². The van der Waals surface area contributed by atoms with E-state index in [1.54, 1.807) is 0 Å². The monoisotopic (exact) mass is 348 g/mol. The molecule has 0 amide bonds. The van der Waals surface area contributed by atoms with Gasteiger partial charge in [0.2, 0.25) is 0 Å². The van der Waals surface area contributed by atoms with Crippen LogP contribution in [0.2, 0.25) is 0 Å². The Morgan fingerprint density at radius 3 is 2.27 bits per heavy atom. The summed E-state index contributed by atoms with van der Waals surface area (Å²) >= 11 is 0. The number of carbonyl (C=O) groups is 1. The fourth-order valence-corrected chi connectivity index (χ4v) is 5.35. The standard InChI is InChI=1S/C24H28O2/c1-15-12-19-20(23(4,5)11-10-22(19,2)3)13-18(15)24-14-17(24)7-6-16(24)8-9-21(25)26/h6,12-13,17H,7,10-11,14H2,1-5H3,(H,25,26). The maximum absolute atomic E-state index is 10.9. The van der Waals surface area contributed by atoms with Gasteiger partial charge in [-0.15, -0.1) is 0 Å². The van der Waals surface area contributed by atoms with Crippen LogP contribution in [0.5, 0.6) is 0 Å². The van der Waals surface area contributed by atoms with Gasteiger partial charge in [0.15, 0.2) is 0 Å². The average molecular weight is 348 g/mol. The van der Waals surface area contributed by atoms with Gasteiger partial charge in [-0.05, 0) is 71.6 Å². The van der Waals surface area contributed by atoms with E-state index in [-0.39, 0.29) is 16.2 Å². The van der Waals surface area contributed by atoms with E-state index >= 15 is 0 Å². The average Bonchev–Trinajstić information content (AvgIpc) is 3.17. The minimum Gasteiger partial charge on any atom is -0.472 e. The molecule has 2 heteroatoms. The highest BCUT2D eigenvalue weighted by Crippen LogP contribution is 2.65. The van der Waals surface area contributed by atoms with Crippen LogP contribution in [-0.4, -0.2) is 11.1 Å². The van der Waals surface area contributed by atoms with Gasteiger partial charge < -0.3 is 5.11 Å². The van der Waals surface area contributed by atoms with E-state index in [0.717, 1.165) is 18.4 Å². The summed E-state index contributed by atoms with van der Waals surface area (Å²) in [6.45, 7) is 11.7. The fourth-order valence-electron chi connectivity index (χ4n) is 5.35. The quantitative estimate of drug-likeness (QED) is 0.724. The molecule has 3 aliphatic carbocycles. The van der Waals surface area contributed by atoms with E-state index < -0.39 is 5.97 Å². The Morgan fingerprint density at radius 1 is 1.08 bits per heavy atom. The van der Waals surface area contributed by atoms with Crippen LogP contribution in [0.3, 0.4) is 0 Å². The predicted octanol–water partition coefficient (Wildman–Crippen LogP) is 5.02. The van der Waals surface area contributed by atoms with E-state index in [2.05, 4.69) is 64.7 Å². The van der Waals surface area contributed by atoms with Crippen LogP contribution in [-0.2, 0) is 21.0 Å². The molecule has 4 rings (SSSR count). The molecule has 0 radical (unpaired) electrons. The number of hydrogen-bond donors (Lipinski definition) is 1. The highest BCUT2D eigenvalue weighted by molar-refractivity contribution is 5.87. The number of hydrogen-bond acceptors (Lipinski definition) is 1. The largest absolute Gasteiger partial charge is 0.472 e. The first-order valence-corrected chi connectivity index (χ1v) is 9.70. The lowest BCUT2D eigenvalue weighted by Gasteiger charge is -2.43. The summed E-state index contributed by atoms with van der Waals surface area (Å²) in [7, 11) is 0. The van der Waals surface area contributed by atoms with Crippen LogP contribution < -0.4 is 0 Å². The van der Waals surface area contributed by atoms with Gasteiger partial charge in [0.25, 0.3) is 0 Å². The zero-order valence-corrected chi connectivity index (χ0v) is 16.5. The zero-order chi connectivity index (χ0) is 18.9. The normalized spacial score (nSPS) is 29.7. The van der Waals surface area contributed by atoms with Crippen molar-refractivity contribution in [2.24, 2.45) is 5.92 Å². The molecule has 3 aliphatic rings. The lowest BCUT2D eigenvalue weighted by Crippen LogP contribution is -2.34. The molecule has 0 spiro atoms. The lowest BCUT2D eigenvalue weighted by molar-refractivity contribution is -0.130. The SMILES string of the molecule is Cc1cc2c(cc1C13CC1CC=C3C#CC(=O)O)C(C)(C)CCC2(C)C. The Balaban J connectivity index is 1.86. The van der Waals surface area contributed by atoms with Crippen LogP contribution in [0.25, 0.3) is 0 Å². The number of aliphatic carboxylic acids is 1. The van der Waals surface area contributed by atoms with Crippen molar-refractivity contribution >= 4 is 5.97 Å². The highest BCUT2D eigenvalue weighted by Gasteiger charge is 2.60. The molecule has 26 heavy (non-hydrogen) atoms. The zero-order valence-electron chi connectivity index (χ0n) is 16.5. The molecular formula is C24H28O2. The van der Waals surface area contributed by atoms with Crippen molar-refractivity contribution < 1.29 is 9.90 Å². The van der Waals surface area contributed by atoms with Crippen molar-refractivity contribution in [1.82, 2.24) is 0 Å². The second-order valence-corrected chi connectivity index (χ2v) is 9.76. The molecule has 0 bridgehead atoms. The van der Waals surface area contributed by atoms with Crippen molar-refractivity contribution in [3.8, 4) is 11.8 Å². The third-order valence-electron chi connectivity index (χ3n) is 7.17. The smallest absolute Gasteiger partial charge is 0.382 e. The number of allylic oxidation sites excluding steroid dienone is 2. The van der Waals surface area contributed by atoms with Crippen molar-refractivity contribution in [2.45, 2.75) is 76.5 Å². The Hall–Kier alpha value is -2.01. The molecule has 2 nitrogen and oxygen atoms in total. The molecule has 1 fully saturated rings. The summed E-state index contributed by atoms with van der Waals surface area (Å²) in [6.07, 6.45) is 6.71. The summed E-state index contributed by atoms with van der Waals surface area (Å²) in [5.74, 6) is 4.86. The fraction of sp³-hybridized carbons (Fsp3) is 0.542. The van der Waals surface area contributed by atoms with E-state index in [4.69, 9.17) is 5.11 Å². The summed E-state index contributed by atoms with van der Waals surface area (Å²) in [5.41, 5.74) is 7.09. The van der Waals surface area contributed by atoms with Crippen LogP contribution in [0.15, 0.2) is 23.8 Å². The molecule has 1 aromatic carbocycles. The summed E-state index contributed by atoms with van der Waals surface area (Å²) in [4.78, 5) is 10.9. The van der Waals surface area contributed by atoms with Gasteiger partial charge in [-0.2, -0.15) is 0 Å². The van der Waals surface area contributed by atoms with Gasteiger partial charge in [-0.3, -0.25) is 0 Å². The topological polar surface area (TPSA) is 37.3 Å². The van der Waals surface area contributed by atoms with E-state index in [9.17, 15) is 4.79 Å². The molecule has 0 heterocycles. The van der Waals surface area contributed by atoms with E-state index in [1.165, 1.54) is 35.1 Å². The van der Waals surface area contributed by atoms with Crippen LogP contribution in [0, 0.1) is 24.7 Å². The Bertz CT molecular complexity index is 904. The molecule has 1 N–H and O–H groups in total. The van der Waals surface area contributed by atoms with E-state index in [1.807, 2.05) is 0 Å². The van der Waals surface area contributed by atoms with Gasteiger partial charge in [0.05, 0.1) is 0 Å². The van der Waals surface area contributed by atoms with Crippen LogP contribution >= 0.6 is 0 Å². The van der Waals surface area contributed by atoms with Gasteiger partial charge in [0.1, 0.15) is 0 Å². The van der Waals surface area contributed by atoms with Crippen molar-refractivity contribution in [2.75, 3.05) is 0 Å². The third-order valence-corrected chi connectivity index (χ3v) is 7.17. The second kappa shape index (κ2) is 5.26. The first-order valence-electron chi connectivity index (χ1n) is 9.70. The van der Waals surface area contributed by atoms with Crippen LogP contribution in [0.1, 0.15) is 75.6 Å². The minimum absolute atomic E-state index is 0.0285. The number of rotatable bonds is 1. The summed E-state index contributed by atoms with van der Waals surface area (Å²) in [5, 5.41) is 8.97. The maximum atomic E-state index is 10.9. The first kappa shape index (κ1) is 17.4. The molecule has 0 saturated heterocycles. The molecule has 1 saturated carbocycles. The predicted molar refractivity (Wildman–Crippen MR) is 104 cm³/mol. The molecule has 136 valence electrons. The summed E-state index contributed by atoms with van der Waals surface area (Å²) in [6, 6.07) is 4.86. The Kier molecular flexibility index (Phi) is 3.52. The Morgan fingerprint density at radius 2 is 1.69 bits per heavy atom. The highest BCUT2D eigenvalue weighted by atomic mass is 16.4. The molecule has 2 unspecified atom stereocenters. The molecule has 0 aliphatic heterocycles. The number of fused-ring (bicyclic) bond motifs is 2. The maximum Gasteiger partial charge on any atom is 0.382 e. The van der Waals surface area contributed by atoms with Gasteiger partial charge >= 0.3 is 5.97 Å². The molecular weight excluding hydrogens is 320 g/mol. The molecule has 2 atom stereocenters. The van der Waals surface area contributed by atoms with Crippen molar-refractivity contribution in [3.05, 3.63) is 46.0 Å². The minimum atomic E-state index is -1.05. The third kappa shape index (κ3) is 2.37. The lowest BCUT2D eigenvalue weighted by atomic mass is 9.62. The molecule has 1 aromatic rings. The van der Waals surface area contributed by atoms with Gasteiger partial charge in [0, 0.05) is 16.9 Å². The van der Waals surface area contributed by atoms with Gasteiger partial charge in [-0.25, -0.2) is 4.79 Å². The van der Waals surface area contributed by atoms with Crippen molar-refractivity contribution in [1.29, 1.82) is 0 Å². The second-order valence-electron chi connectivity index (χ2n) is 9.76. The van der Waals surface area contributed by atoms with Crippen molar-refractivity contribution in [3.63, 3.8) is 0 Å². The number of aryl methyl sites for hydroxylation is 1. The number of carboxylic acids is 1. The number of carboxylic acid groups (broad SMARTS) is 1. The van der Waals surface area contributed by atoms with E-state index in [0.29, 0.717) is 5.92 Å². The number of benzene rings is 1. The van der Waals surface area contributed by atoms with Gasteiger partial charge in [-0.1, -0.05) is 51.8 Å². The first-order chi connectivity index (χ1) is 12.1. The summed E-state index contributed by atoms with van der Waals surface area (Å²) < 4.78 is 0.